The quantitative estimate of drug-likeness (QED) is 0.566. The Morgan fingerprint density at radius 1 is 1.07 bits per heavy atom. The number of carbonyl (C=O) groups is 2. The van der Waals surface area contributed by atoms with Crippen molar-refractivity contribution in [2.75, 3.05) is 24.7 Å². The minimum absolute atomic E-state index is 0.0538. The Labute approximate surface area is 164 Å². The molecule has 6 nitrogen and oxygen atoms in total. The second-order valence-electron chi connectivity index (χ2n) is 6.54. The van der Waals surface area contributed by atoms with Crippen LogP contribution in [0.3, 0.4) is 0 Å². The molecule has 1 amide bonds. The zero-order valence-electron chi connectivity index (χ0n) is 16.0. The fourth-order valence-corrected chi connectivity index (χ4v) is 2.90. The zero-order chi connectivity index (χ0) is 19.9. The third-order valence-corrected chi connectivity index (χ3v) is 4.14. The number of anilines is 1. The van der Waals surface area contributed by atoms with Gasteiger partial charge in [0, 0.05) is 17.8 Å². The molecule has 0 unspecified atom stereocenters. The van der Waals surface area contributed by atoms with Crippen molar-refractivity contribution in [1.29, 1.82) is 0 Å². The Hall–Kier alpha value is -3.28. The van der Waals surface area contributed by atoms with Gasteiger partial charge in [-0.25, -0.2) is 4.79 Å². The number of rotatable bonds is 6. The molecule has 0 aromatic heterocycles. The van der Waals surface area contributed by atoms with E-state index in [1.165, 1.54) is 6.08 Å². The molecule has 0 atom stereocenters. The summed E-state index contributed by atoms with van der Waals surface area (Å²) in [6.45, 7) is 4.53. The van der Waals surface area contributed by atoms with Crippen LogP contribution in [-0.4, -0.2) is 37.7 Å². The van der Waals surface area contributed by atoms with Crippen molar-refractivity contribution in [2.24, 2.45) is 0 Å². The maximum atomic E-state index is 12.5. The predicted molar refractivity (Wildman–Crippen MR) is 106 cm³/mol. The number of para-hydroxylation sites is 1. The molecule has 0 bridgehead atoms. The maximum absolute atomic E-state index is 12.5. The Bertz CT molecular complexity index is 860. The molecule has 0 aliphatic carbocycles. The smallest absolute Gasteiger partial charge is 0.331 e. The van der Waals surface area contributed by atoms with E-state index in [0.29, 0.717) is 24.7 Å². The maximum Gasteiger partial charge on any atom is 0.331 e. The van der Waals surface area contributed by atoms with Gasteiger partial charge in [-0.15, -0.1) is 0 Å². The van der Waals surface area contributed by atoms with Crippen LogP contribution < -0.4 is 14.4 Å². The first-order valence-electron chi connectivity index (χ1n) is 9.16. The molecule has 0 radical (unpaired) electrons. The minimum atomic E-state index is -0.583. The highest BCUT2D eigenvalue weighted by atomic mass is 16.6. The average molecular weight is 381 g/mol. The van der Waals surface area contributed by atoms with Crippen LogP contribution in [0.1, 0.15) is 19.4 Å². The molecule has 1 aliphatic heterocycles. The number of ether oxygens (including phenoxy) is 3. The zero-order valence-corrected chi connectivity index (χ0v) is 16.0. The van der Waals surface area contributed by atoms with Gasteiger partial charge in [-0.3, -0.25) is 4.79 Å². The van der Waals surface area contributed by atoms with E-state index in [1.54, 1.807) is 23.1 Å². The molecule has 0 saturated carbocycles. The minimum Gasteiger partial charge on any atom is -0.486 e. The molecular formula is C22H23NO5. The first kappa shape index (κ1) is 19.5. The van der Waals surface area contributed by atoms with Crippen molar-refractivity contribution in [1.82, 2.24) is 0 Å². The number of amides is 1. The van der Waals surface area contributed by atoms with E-state index < -0.39 is 5.97 Å². The van der Waals surface area contributed by atoms with Crippen LogP contribution in [0, 0.1) is 0 Å². The van der Waals surface area contributed by atoms with E-state index in [4.69, 9.17) is 14.2 Å². The van der Waals surface area contributed by atoms with Crippen LogP contribution in [0.5, 0.6) is 11.5 Å². The van der Waals surface area contributed by atoms with Crippen LogP contribution in [-0.2, 0) is 14.3 Å². The standard InChI is InChI=1S/C22H23NO5/c1-16(2)23(18-6-4-3-5-7-18)21(24)15-28-22(25)11-9-17-8-10-19-20(14-17)27-13-12-26-19/h3-11,14,16H,12-13,15H2,1-2H3/b11-9+. The number of fused-ring (bicyclic) bond motifs is 1. The number of hydrogen-bond acceptors (Lipinski definition) is 5. The van der Waals surface area contributed by atoms with Crippen molar-refractivity contribution in [2.45, 2.75) is 19.9 Å². The van der Waals surface area contributed by atoms with Crippen LogP contribution in [0.15, 0.2) is 54.6 Å². The summed E-state index contributed by atoms with van der Waals surface area (Å²) in [5.41, 5.74) is 1.55. The molecule has 1 heterocycles. The summed E-state index contributed by atoms with van der Waals surface area (Å²) in [5.74, 6) is 0.473. The van der Waals surface area contributed by atoms with Gasteiger partial charge in [-0.2, -0.15) is 0 Å². The van der Waals surface area contributed by atoms with E-state index in [-0.39, 0.29) is 18.6 Å². The topological polar surface area (TPSA) is 65.1 Å². The number of carbonyl (C=O) groups excluding carboxylic acids is 2. The van der Waals surface area contributed by atoms with Crippen molar-refractivity contribution in [3.8, 4) is 11.5 Å². The molecular weight excluding hydrogens is 358 g/mol. The molecule has 2 aromatic carbocycles. The SMILES string of the molecule is CC(C)N(C(=O)COC(=O)/C=C/c1ccc2c(c1)OCCO2)c1ccccc1. The second-order valence-corrected chi connectivity index (χ2v) is 6.54. The van der Waals surface area contributed by atoms with Gasteiger partial charge in [-0.1, -0.05) is 24.3 Å². The summed E-state index contributed by atoms with van der Waals surface area (Å²) in [7, 11) is 0. The Morgan fingerprint density at radius 3 is 2.50 bits per heavy atom. The van der Waals surface area contributed by atoms with Gasteiger partial charge in [0.2, 0.25) is 0 Å². The van der Waals surface area contributed by atoms with Gasteiger partial charge >= 0.3 is 5.97 Å². The van der Waals surface area contributed by atoms with Crippen molar-refractivity contribution < 1.29 is 23.8 Å². The Balaban J connectivity index is 1.57. The highest BCUT2D eigenvalue weighted by molar-refractivity contribution is 5.96. The number of hydrogen-bond donors (Lipinski definition) is 0. The van der Waals surface area contributed by atoms with Crippen molar-refractivity contribution in [3.05, 3.63) is 60.2 Å². The van der Waals surface area contributed by atoms with Crippen LogP contribution in [0.4, 0.5) is 5.69 Å². The van der Waals surface area contributed by atoms with E-state index in [9.17, 15) is 9.59 Å². The first-order chi connectivity index (χ1) is 13.5. The highest BCUT2D eigenvalue weighted by Gasteiger charge is 2.20. The van der Waals surface area contributed by atoms with Gasteiger partial charge in [0.25, 0.3) is 5.91 Å². The molecule has 0 fully saturated rings. The highest BCUT2D eigenvalue weighted by Crippen LogP contribution is 2.31. The van der Waals surface area contributed by atoms with Gasteiger partial charge < -0.3 is 19.1 Å². The lowest BCUT2D eigenvalue weighted by molar-refractivity contribution is -0.143. The molecule has 0 N–H and O–H groups in total. The van der Waals surface area contributed by atoms with E-state index in [0.717, 1.165) is 11.3 Å². The van der Waals surface area contributed by atoms with Crippen LogP contribution >= 0.6 is 0 Å². The monoisotopic (exact) mass is 381 g/mol. The predicted octanol–water partition coefficient (Wildman–Crippen LogP) is 3.46. The Kier molecular flexibility index (Phi) is 6.32. The first-order valence-corrected chi connectivity index (χ1v) is 9.16. The van der Waals surface area contributed by atoms with Crippen molar-refractivity contribution >= 4 is 23.6 Å². The Morgan fingerprint density at radius 2 is 1.79 bits per heavy atom. The third kappa shape index (κ3) is 4.91. The van der Waals surface area contributed by atoms with Gasteiger partial charge in [0.05, 0.1) is 0 Å². The van der Waals surface area contributed by atoms with Crippen molar-refractivity contribution in [3.63, 3.8) is 0 Å². The van der Waals surface area contributed by atoms with E-state index in [1.807, 2.05) is 50.2 Å². The molecule has 0 spiro atoms. The lowest BCUT2D eigenvalue weighted by atomic mass is 10.2. The summed E-state index contributed by atoms with van der Waals surface area (Å²) >= 11 is 0. The number of benzene rings is 2. The molecule has 3 rings (SSSR count). The molecule has 146 valence electrons. The van der Waals surface area contributed by atoms with E-state index in [2.05, 4.69) is 0 Å². The fourth-order valence-electron chi connectivity index (χ4n) is 2.90. The second kappa shape index (κ2) is 9.08. The average Bonchev–Trinajstić information content (AvgIpc) is 2.71. The summed E-state index contributed by atoms with van der Waals surface area (Å²) in [6, 6.07) is 14.7. The summed E-state index contributed by atoms with van der Waals surface area (Å²) in [6.07, 6.45) is 2.91. The molecule has 6 heteroatoms. The van der Waals surface area contributed by atoms with Gasteiger partial charge in [0.15, 0.2) is 18.1 Å². The lowest BCUT2D eigenvalue weighted by Crippen LogP contribution is -2.39. The number of esters is 1. The summed E-state index contributed by atoms with van der Waals surface area (Å²) < 4.78 is 16.1. The largest absolute Gasteiger partial charge is 0.486 e. The lowest BCUT2D eigenvalue weighted by Gasteiger charge is -2.26. The number of nitrogens with zero attached hydrogens (tertiary/aromatic N) is 1. The normalized spacial score (nSPS) is 12.8. The summed E-state index contributed by atoms with van der Waals surface area (Å²) in [4.78, 5) is 26.1. The molecule has 28 heavy (non-hydrogen) atoms. The fraction of sp³-hybridized carbons (Fsp3) is 0.273. The van der Waals surface area contributed by atoms with Gasteiger partial charge in [0.1, 0.15) is 13.2 Å². The van der Waals surface area contributed by atoms with Crippen LogP contribution in [0.25, 0.3) is 6.08 Å². The van der Waals surface area contributed by atoms with E-state index >= 15 is 0 Å². The third-order valence-electron chi connectivity index (χ3n) is 4.14. The van der Waals surface area contributed by atoms with Gasteiger partial charge in [-0.05, 0) is 49.8 Å². The molecule has 2 aromatic rings. The molecule has 1 aliphatic rings. The molecule has 0 saturated heterocycles. The van der Waals surface area contributed by atoms with Crippen LogP contribution in [0.2, 0.25) is 0 Å². The summed E-state index contributed by atoms with van der Waals surface area (Å²) in [5, 5.41) is 0.